The smallest absolute Gasteiger partial charge is 0.343 e. The maximum atomic E-state index is 12.9. The van der Waals surface area contributed by atoms with Gasteiger partial charge in [-0.05, 0) is 84.6 Å². The molecule has 0 bridgehead atoms. The van der Waals surface area contributed by atoms with Crippen molar-refractivity contribution in [1.29, 1.82) is 10.8 Å². The highest BCUT2D eigenvalue weighted by Gasteiger charge is 2.25. The van der Waals surface area contributed by atoms with Gasteiger partial charge >= 0.3 is 35.8 Å². The van der Waals surface area contributed by atoms with Crippen LogP contribution >= 0.6 is 24.8 Å². The maximum Gasteiger partial charge on any atom is 0.343 e. The van der Waals surface area contributed by atoms with E-state index in [1.165, 1.54) is 84.9 Å². The van der Waals surface area contributed by atoms with Gasteiger partial charge < -0.3 is 81.6 Å². The third-order valence-corrected chi connectivity index (χ3v) is 9.91. The quantitative estimate of drug-likeness (QED) is 0.0113. The van der Waals surface area contributed by atoms with E-state index in [9.17, 15) is 48.6 Å². The van der Waals surface area contributed by atoms with E-state index >= 15 is 0 Å². The Morgan fingerprint density at radius 3 is 1.16 bits per heavy atom. The molecule has 2 unspecified atom stereocenters. The van der Waals surface area contributed by atoms with Crippen molar-refractivity contribution in [2.75, 3.05) is 50.3 Å². The molecular weight excluding hydrogens is 1050 g/mol. The number of nitrogens with two attached hydrogens (primary N) is 2. The Hall–Kier alpha value is -8.72. The molecule has 0 saturated carbocycles. The minimum absolute atomic E-state index is 0. The van der Waals surface area contributed by atoms with Crippen molar-refractivity contribution in [3.63, 3.8) is 0 Å². The molecule has 0 heterocycles. The van der Waals surface area contributed by atoms with Crippen LogP contribution in [0.2, 0.25) is 0 Å². The predicted octanol–water partition coefficient (Wildman–Crippen LogP) is 3.02. The summed E-state index contributed by atoms with van der Waals surface area (Å²) in [6.07, 6.45) is -2.13. The molecular formula is C48H56Cl2N8O18. The molecule has 76 heavy (non-hydrogen) atoms. The van der Waals surface area contributed by atoms with Crippen LogP contribution in [0.4, 0.5) is 11.4 Å². The summed E-state index contributed by atoms with van der Waals surface area (Å²) in [5.41, 5.74) is 12.9. The van der Waals surface area contributed by atoms with E-state index in [2.05, 4.69) is 21.3 Å². The SMILES string of the molecule is Cl.Cl.N=C(N)Nc1ccc(C(=O)Oc2ccc(CCC(=O)NC(CC(=O)O)C(=O)O)c(OCCOCCOCCOc3cc(OC(=O)c4ccc(NC(=N)N)cc4)ccc3CCC(=O)NC(CC(=O)O)C(=O)O)c2)cc1. The molecule has 14 N–H and O–H groups in total. The lowest BCUT2D eigenvalue weighted by molar-refractivity contribution is -0.147. The summed E-state index contributed by atoms with van der Waals surface area (Å²) in [6, 6.07) is 17.4. The molecule has 0 saturated heterocycles. The monoisotopic (exact) mass is 1100 g/mol. The van der Waals surface area contributed by atoms with Crippen LogP contribution in [0, 0.1) is 10.8 Å². The van der Waals surface area contributed by atoms with E-state index in [0.29, 0.717) is 22.5 Å². The molecule has 0 spiro atoms. The number of esters is 2. The minimum Gasteiger partial charge on any atom is -0.491 e. The van der Waals surface area contributed by atoms with E-state index in [-0.39, 0.29) is 136 Å². The normalized spacial score (nSPS) is 11.1. The predicted molar refractivity (Wildman–Crippen MR) is 274 cm³/mol. The van der Waals surface area contributed by atoms with Crippen LogP contribution in [-0.4, -0.2) is 132 Å². The lowest BCUT2D eigenvalue weighted by Crippen LogP contribution is -2.42. The number of ether oxygens (including phenoxy) is 6. The number of hydrogen-bond acceptors (Lipinski definition) is 16. The molecule has 410 valence electrons. The Bertz CT molecular complexity index is 2500. The van der Waals surface area contributed by atoms with Gasteiger partial charge in [-0.1, -0.05) is 12.1 Å². The zero-order valence-electron chi connectivity index (χ0n) is 40.2. The number of carbonyl (C=O) groups excluding carboxylic acids is 4. The molecule has 0 aromatic heterocycles. The van der Waals surface area contributed by atoms with Gasteiger partial charge in [-0.15, -0.1) is 24.8 Å². The zero-order chi connectivity index (χ0) is 54.2. The first kappa shape index (κ1) is 63.4. The van der Waals surface area contributed by atoms with E-state index in [0.717, 1.165) is 0 Å². The molecule has 2 amide bonds. The molecule has 4 aromatic carbocycles. The number of carboxylic acids is 4. The molecule has 26 nitrogen and oxygen atoms in total. The minimum atomic E-state index is -1.65. The first-order chi connectivity index (χ1) is 35.3. The van der Waals surface area contributed by atoms with Gasteiger partial charge in [0, 0.05) is 36.3 Å². The second-order valence-corrected chi connectivity index (χ2v) is 15.6. The standard InChI is InChI=1S/C48H54N8O18.2ClH/c49-47(50)53-31-9-1-29(2-10-31)45(67)73-33-13-5-27(7-15-39(57)55-35(43(63)64)25-41(59)60)37(23-33)71-21-19-69-17-18-70-20-22-72-38-24-34(74-46(68)30-3-11-32(12-4-30)54-48(51)52)14-6-28(38)8-16-40(58)56-36(44(65)66)26-42(61)62;;/h1-6,9-14,23-24,35-36H,7-8,15-22,25-26H2,(H,55,57)(H,56,58)(H,59,60)(H,61,62)(H,63,64)(H,65,66)(H4,49,50,53)(H4,51,52,54);2*1H. The van der Waals surface area contributed by atoms with Crippen molar-refractivity contribution in [2.24, 2.45) is 11.5 Å². The maximum absolute atomic E-state index is 12.9. The van der Waals surface area contributed by atoms with E-state index in [4.69, 9.17) is 60.9 Å². The Balaban J connectivity index is 0.00000988. The summed E-state index contributed by atoms with van der Waals surface area (Å²) in [4.78, 5) is 96.2. The number of rotatable bonds is 31. The van der Waals surface area contributed by atoms with Crippen molar-refractivity contribution in [3.05, 3.63) is 107 Å². The fourth-order valence-electron chi connectivity index (χ4n) is 6.42. The summed E-state index contributed by atoms with van der Waals surface area (Å²) < 4.78 is 34.3. The van der Waals surface area contributed by atoms with Crippen LogP contribution in [0.15, 0.2) is 84.9 Å². The number of amides is 2. The van der Waals surface area contributed by atoms with Crippen molar-refractivity contribution < 1.29 is 87.2 Å². The van der Waals surface area contributed by atoms with Crippen molar-refractivity contribution in [2.45, 2.75) is 50.6 Å². The van der Waals surface area contributed by atoms with Gasteiger partial charge in [-0.25, -0.2) is 19.2 Å². The van der Waals surface area contributed by atoms with Gasteiger partial charge in [0.05, 0.1) is 50.4 Å². The van der Waals surface area contributed by atoms with Gasteiger partial charge in [0.2, 0.25) is 11.8 Å². The molecule has 0 fully saturated rings. The Morgan fingerprint density at radius 1 is 0.500 bits per heavy atom. The molecule has 0 aliphatic carbocycles. The molecule has 0 aliphatic heterocycles. The fraction of sp³-hybridized carbons (Fsp3) is 0.292. The number of halogens is 2. The Morgan fingerprint density at radius 2 is 0.842 bits per heavy atom. The van der Waals surface area contributed by atoms with Crippen LogP contribution in [0.1, 0.15) is 57.5 Å². The fourth-order valence-corrected chi connectivity index (χ4v) is 6.42. The number of hydrogen-bond donors (Lipinski definition) is 12. The highest BCUT2D eigenvalue weighted by Crippen LogP contribution is 2.29. The highest BCUT2D eigenvalue weighted by atomic mass is 35.5. The highest BCUT2D eigenvalue weighted by molar-refractivity contribution is 5.95. The summed E-state index contributed by atoms with van der Waals surface area (Å²) in [5, 5.41) is 60.9. The van der Waals surface area contributed by atoms with Crippen LogP contribution in [0.3, 0.4) is 0 Å². The van der Waals surface area contributed by atoms with Crippen molar-refractivity contribution in [1.82, 2.24) is 10.6 Å². The molecule has 4 rings (SSSR count). The van der Waals surface area contributed by atoms with Gasteiger partial charge in [0.15, 0.2) is 11.9 Å². The number of anilines is 2. The number of aryl methyl sites for hydroxylation is 2. The second kappa shape index (κ2) is 32.5. The number of carboxylic acid groups (broad SMARTS) is 4. The number of carbonyl (C=O) groups is 8. The first-order valence-electron chi connectivity index (χ1n) is 22.3. The number of benzene rings is 4. The van der Waals surface area contributed by atoms with E-state index < -0.39 is 72.6 Å². The Kier molecular flexibility index (Phi) is 27.1. The molecule has 28 heteroatoms. The van der Waals surface area contributed by atoms with Crippen LogP contribution in [0.25, 0.3) is 0 Å². The average Bonchev–Trinajstić information content (AvgIpc) is 3.33. The Labute approximate surface area is 445 Å². The lowest BCUT2D eigenvalue weighted by atomic mass is 10.1. The molecule has 2 atom stereocenters. The van der Waals surface area contributed by atoms with Crippen LogP contribution < -0.4 is 51.7 Å². The lowest BCUT2D eigenvalue weighted by Gasteiger charge is -2.16. The van der Waals surface area contributed by atoms with E-state index in [1.54, 1.807) is 0 Å². The van der Waals surface area contributed by atoms with Crippen molar-refractivity contribution >= 4 is 95.7 Å². The summed E-state index contributed by atoms with van der Waals surface area (Å²) >= 11 is 0. The largest absolute Gasteiger partial charge is 0.491 e. The zero-order valence-corrected chi connectivity index (χ0v) is 41.8. The van der Waals surface area contributed by atoms with Gasteiger partial charge in [0.1, 0.15) is 48.3 Å². The molecule has 4 aromatic rings. The third-order valence-electron chi connectivity index (χ3n) is 9.91. The van der Waals surface area contributed by atoms with Gasteiger partial charge in [-0.3, -0.25) is 30.0 Å². The van der Waals surface area contributed by atoms with E-state index in [1.807, 2.05) is 0 Å². The summed E-state index contributed by atoms with van der Waals surface area (Å²) in [5.74, 6) is -8.83. The van der Waals surface area contributed by atoms with Gasteiger partial charge in [-0.2, -0.15) is 0 Å². The number of nitrogens with one attached hydrogen (secondary N) is 6. The topological polar surface area (TPSA) is 421 Å². The molecule has 0 aliphatic rings. The third kappa shape index (κ3) is 23.0. The first-order valence-corrected chi connectivity index (χ1v) is 22.3. The number of guanidine groups is 2. The van der Waals surface area contributed by atoms with Crippen LogP contribution in [-0.2, 0) is 51.1 Å². The number of aliphatic carboxylic acids is 4. The van der Waals surface area contributed by atoms with Gasteiger partial charge in [0.25, 0.3) is 0 Å². The summed E-state index contributed by atoms with van der Waals surface area (Å²) in [6.45, 7) is 0.172. The summed E-state index contributed by atoms with van der Waals surface area (Å²) in [7, 11) is 0. The second-order valence-electron chi connectivity index (χ2n) is 15.6. The average molecular weight is 1100 g/mol. The molecule has 0 radical (unpaired) electrons. The van der Waals surface area contributed by atoms with Crippen LogP contribution in [0.5, 0.6) is 23.0 Å². The van der Waals surface area contributed by atoms with Crippen molar-refractivity contribution in [3.8, 4) is 23.0 Å².